The normalized spacial score (nSPS) is 20.3. The van der Waals surface area contributed by atoms with E-state index in [9.17, 15) is 9.90 Å². The number of benzene rings is 2. The lowest BCUT2D eigenvalue weighted by molar-refractivity contribution is -0.163. The average Bonchev–Trinajstić information content (AvgIpc) is 3.48. The third-order valence-corrected chi connectivity index (χ3v) is 7.05. The van der Waals surface area contributed by atoms with Gasteiger partial charge in [-0.15, -0.1) is 0 Å². The highest BCUT2D eigenvalue weighted by atomic mass is 16.5. The highest BCUT2D eigenvalue weighted by molar-refractivity contribution is 5.78. The SMILES string of the molecule is Cc1cc(OC2CC2)cc(-c2ccc(OC3(C(=O)O)CCOCC3)cc2COC2CCCC2)c1. The third-order valence-electron chi connectivity index (χ3n) is 7.05. The fraction of sp³-hybridized carbons (Fsp3) is 0.536. The number of carboxylic acid groups (broad SMARTS) is 1. The summed E-state index contributed by atoms with van der Waals surface area (Å²) >= 11 is 0. The second kappa shape index (κ2) is 9.96. The van der Waals surface area contributed by atoms with Crippen molar-refractivity contribution in [2.24, 2.45) is 0 Å². The molecule has 2 aliphatic carbocycles. The molecule has 2 saturated carbocycles. The lowest BCUT2D eigenvalue weighted by Gasteiger charge is -2.33. The minimum Gasteiger partial charge on any atom is -0.490 e. The van der Waals surface area contributed by atoms with E-state index in [2.05, 4.69) is 25.1 Å². The monoisotopic (exact) mass is 466 g/mol. The predicted molar refractivity (Wildman–Crippen MR) is 128 cm³/mol. The van der Waals surface area contributed by atoms with Crippen LogP contribution in [0.4, 0.5) is 0 Å². The predicted octanol–water partition coefficient (Wildman–Crippen LogP) is 5.68. The van der Waals surface area contributed by atoms with E-state index >= 15 is 0 Å². The third kappa shape index (κ3) is 5.39. The highest BCUT2D eigenvalue weighted by Crippen LogP contribution is 2.36. The zero-order valence-electron chi connectivity index (χ0n) is 19.9. The maximum atomic E-state index is 12.1. The van der Waals surface area contributed by atoms with Gasteiger partial charge in [0.1, 0.15) is 11.5 Å². The molecule has 3 fully saturated rings. The van der Waals surface area contributed by atoms with Crippen LogP contribution >= 0.6 is 0 Å². The molecule has 1 aliphatic heterocycles. The fourth-order valence-electron chi connectivity index (χ4n) is 4.93. The zero-order valence-corrected chi connectivity index (χ0v) is 19.9. The summed E-state index contributed by atoms with van der Waals surface area (Å²) in [6, 6.07) is 12.2. The quantitative estimate of drug-likeness (QED) is 0.513. The van der Waals surface area contributed by atoms with Crippen molar-refractivity contribution in [3.63, 3.8) is 0 Å². The van der Waals surface area contributed by atoms with Crippen LogP contribution in [0.3, 0.4) is 0 Å². The van der Waals surface area contributed by atoms with Gasteiger partial charge in [-0.2, -0.15) is 0 Å². The number of carboxylic acids is 1. The van der Waals surface area contributed by atoms with Crippen LogP contribution in [-0.4, -0.2) is 42.1 Å². The average molecular weight is 467 g/mol. The maximum Gasteiger partial charge on any atom is 0.348 e. The molecule has 182 valence electrons. The molecule has 0 amide bonds. The smallest absolute Gasteiger partial charge is 0.348 e. The zero-order chi connectivity index (χ0) is 23.5. The van der Waals surface area contributed by atoms with E-state index in [0.29, 0.717) is 44.5 Å². The first-order valence-electron chi connectivity index (χ1n) is 12.5. The van der Waals surface area contributed by atoms with E-state index in [1.807, 2.05) is 18.2 Å². The van der Waals surface area contributed by atoms with Crippen molar-refractivity contribution in [1.29, 1.82) is 0 Å². The molecule has 0 aromatic heterocycles. The van der Waals surface area contributed by atoms with Gasteiger partial charge >= 0.3 is 5.97 Å². The number of rotatable bonds is 9. The van der Waals surface area contributed by atoms with E-state index in [0.717, 1.165) is 53.7 Å². The summed E-state index contributed by atoms with van der Waals surface area (Å²) in [6.07, 6.45) is 8.13. The molecule has 0 bridgehead atoms. The standard InChI is InChI=1S/C28H34O6/c1-19-14-20(16-25(15-19)33-23-6-7-23)26-9-8-24(17-21(26)18-32-22-4-2-3-5-22)34-28(27(29)30)10-12-31-13-11-28/h8-9,14-17,22-23H,2-7,10-13,18H2,1H3,(H,29,30). The molecule has 0 spiro atoms. The molecule has 1 saturated heterocycles. The summed E-state index contributed by atoms with van der Waals surface area (Å²) in [4.78, 5) is 12.1. The van der Waals surface area contributed by atoms with Crippen molar-refractivity contribution < 1.29 is 28.8 Å². The van der Waals surface area contributed by atoms with Crippen LogP contribution < -0.4 is 9.47 Å². The molecular formula is C28H34O6. The Balaban J connectivity index is 1.45. The van der Waals surface area contributed by atoms with Crippen LogP contribution in [0.15, 0.2) is 36.4 Å². The van der Waals surface area contributed by atoms with Gasteiger partial charge in [0.2, 0.25) is 5.60 Å². The van der Waals surface area contributed by atoms with E-state index in [-0.39, 0.29) is 6.10 Å². The maximum absolute atomic E-state index is 12.1. The van der Waals surface area contributed by atoms with Gasteiger partial charge in [0, 0.05) is 12.8 Å². The Morgan fingerprint density at radius 3 is 2.47 bits per heavy atom. The molecule has 0 radical (unpaired) electrons. The molecule has 2 aromatic rings. The van der Waals surface area contributed by atoms with Gasteiger partial charge in [-0.3, -0.25) is 0 Å². The molecule has 34 heavy (non-hydrogen) atoms. The van der Waals surface area contributed by atoms with E-state index in [4.69, 9.17) is 18.9 Å². The molecule has 6 nitrogen and oxygen atoms in total. The molecule has 5 rings (SSSR count). The highest BCUT2D eigenvalue weighted by Gasteiger charge is 2.43. The Bertz CT molecular complexity index is 1020. The Kier molecular flexibility index (Phi) is 6.79. The summed E-state index contributed by atoms with van der Waals surface area (Å²) in [5, 5.41) is 9.92. The second-order valence-corrected chi connectivity index (χ2v) is 9.90. The van der Waals surface area contributed by atoms with E-state index < -0.39 is 11.6 Å². The number of hydrogen-bond donors (Lipinski definition) is 1. The Hall–Kier alpha value is -2.57. The Labute approximate surface area is 201 Å². The van der Waals surface area contributed by atoms with E-state index in [1.54, 1.807) is 0 Å². The molecule has 0 unspecified atom stereocenters. The summed E-state index contributed by atoms with van der Waals surface area (Å²) < 4.78 is 23.9. The van der Waals surface area contributed by atoms with Crippen molar-refractivity contribution in [2.75, 3.05) is 13.2 Å². The van der Waals surface area contributed by atoms with Crippen LogP contribution in [0.25, 0.3) is 11.1 Å². The molecule has 0 atom stereocenters. The molecule has 1 N–H and O–H groups in total. The molecule has 2 aromatic carbocycles. The van der Waals surface area contributed by atoms with Gasteiger partial charge in [0.05, 0.1) is 32.0 Å². The second-order valence-electron chi connectivity index (χ2n) is 9.90. The first kappa shape index (κ1) is 23.2. The number of aliphatic carboxylic acids is 1. The minimum absolute atomic E-state index is 0.282. The Morgan fingerprint density at radius 2 is 1.76 bits per heavy atom. The van der Waals surface area contributed by atoms with Crippen LogP contribution in [0.2, 0.25) is 0 Å². The fourth-order valence-corrected chi connectivity index (χ4v) is 4.93. The summed E-state index contributed by atoms with van der Waals surface area (Å²) in [5.41, 5.74) is 3.03. The number of hydrogen-bond acceptors (Lipinski definition) is 5. The van der Waals surface area contributed by atoms with Crippen LogP contribution in [0, 0.1) is 6.92 Å². The first-order chi connectivity index (χ1) is 16.5. The van der Waals surface area contributed by atoms with Crippen LogP contribution in [0.1, 0.15) is 62.5 Å². The number of carbonyl (C=O) groups is 1. The van der Waals surface area contributed by atoms with Crippen LogP contribution in [0.5, 0.6) is 11.5 Å². The van der Waals surface area contributed by atoms with Crippen molar-refractivity contribution >= 4 is 5.97 Å². The van der Waals surface area contributed by atoms with Gasteiger partial charge in [0.15, 0.2) is 0 Å². The summed E-state index contributed by atoms with van der Waals surface area (Å²) in [7, 11) is 0. The summed E-state index contributed by atoms with van der Waals surface area (Å²) in [5.74, 6) is 0.511. The molecule has 3 aliphatic rings. The van der Waals surface area contributed by atoms with Crippen molar-refractivity contribution in [2.45, 2.75) is 82.7 Å². The van der Waals surface area contributed by atoms with Gasteiger partial charge in [-0.25, -0.2) is 4.79 Å². The summed E-state index contributed by atoms with van der Waals surface area (Å²) in [6.45, 7) is 3.31. The van der Waals surface area contributed by atoms with Gasteiger partial charge < -0.3 is 24.1 Å². The van der Waals surface area contributed by atoms with Crippen molar-refractivity contribution in [3.8, 4) is 22.6 Å². The molecular weight excluding hydrogens is 432 g/mol. The van der Waals surface area contributed by atoms with Crippen molar-refractivity contribution in [3.05, 3.63) is 47.5 Å². The lowest BCUT2D eigenvalue weighted by Crippen LogP contribution is -2.49. The lowest BCUT2D eigenvalue weighted by atomic mass is 9.93. The topological polar surface area (TPSA) is 74.2 Å². The van der Waals surface area contributed by atoms with Crippen LogP contribution in [-0.2, 0) is 20.9 Å². The number of aryl methyl sites for hydroxylation is 1. The van der Waals surface area contributed by atoms with Gasteiger partial charge in [0.25, 0.3) is 0 Å². The first-order valence-corrected chi connectivity index (χ1v) is 12.5. The minimum atomic E-state index is -1.25. The largest absolute Gasteiger partial charge is 0.490 e. The van der Waals surface area contributed by atoms with Gasteiger partial charge in [-0.05, 0) is 79.1 Å². The Morgan fingerprint density at radius 1 is 1.00 bits per heavy atom. The number of ether oxygens (including phenoxy) is 4. The van der Waals surface area contributed by atoms with Crippen molar-refractivity contribution in [1.82, 2.24) is 0 Å². The molecule has 1 heterocycles. The van der Waals surface area contributed by atoms with E-state index in [1.165, 1.54) is 12.8 Å². The molecule has 6 heteroatoms. The van der Waals surface area contributed by atoms with Gasteiger partial charge in [-0.1, -0.05) is 25.0 Å².